The van der Waals surface area contributed by atoms with Gasteiger partial charge in [-0.1, -0.05) is 45.6 Å². The second-order valence-corrected chi connectivity index (χ2v) is 6.46. The van der Waals surface area contributed by atoms with Crippen LogP contribution in [-0.2, 0) is 0 Å². The van der Waals surface area contributed by atoms with Crippen molar-refractivity contribution in [1.29, 1.82) is 0 Å². The molecule has 2 aromatic heterocycles. The van der Waals surface area contributed by atoms with E-state index in [-0.39, 0.29) is 5.91 Å². The summed E-state index contributed by atoms with van der Waals surface area (Å²) < 4.78 is 6.98. The first-order valence-electron chi connectivity index (χ1n) is 8.43. The van der Waals surface area contributed by atoms with Crippen molar-refractivity contribution in [2.24, 2.45) is 0 Å². The number of aromatic nitrogens is 3. The van der Waals surface area contributed by atoms with Crippen molar-refractivity contribution in [2.45, 2.75) is 58.8 Å². The van der Waals surface area contributed by atoms with E-state index < -0.39 is 0 Å². The third-order valence-electron chi connectivity index (χ3n) is 3.54. The van der Waals surface area contributed by atoms with Gasteiger partial charge in [-0.25, -0.2) is 0 Å². The third kappa shape index (κ3) is 5.16. The van der Waals surface area contributed by atoms with Crippen molar-refractivity contribution in [1.82, 2.24) is 14.8 Å². The number of carbonyl (C=O) groups excluding carboxylic acids is 1. The molecule has 0 atom stereocenters. The summed E-state index contributed by atoms with van der Waals surface area (Å²) in [7, 11) is 0. The highest BCUT2D eigenvalue weighted by atomic mass is 32.1. The van der Waals surface area contributed by atoms with Crippen LogP contribution in [0, 0.1) is 0 Å². The van der Waals surface area contributed by atoms with Crippen LogP contribution in [0.25, 0.3) is 10.7 Å². The lowest BCUT2D eigenvalue weighted by Gasteiger charge is -2.03. The summed E-state index contributed by atoms with van der Waals surface area (Å²) in [6.45, 7) is 4.84. The highest BCUT2D eigenvalue weighted by molar-refractivity contribution is 7.13. The maximum absolute atomic E-state index is 12.5. The normalized spacial score (nSPS) is 10.9. The first-order chi connectivity index (χ1) is 11.3. The highest BCUT2D eigenvalue weighted by Gasteiger charge is 2.18. The van der Waals surface area contributed by atoms with Crippen LogP contribution in [-0.4, -0.2) is 27.3 Å². The van der Waals surface area contributed by atoms with Crippen LogP contribution in [0.15, 0.2) is 17.5 Å². The Labute approximate surface area is 141 Å². The Bertz CT molecular complexity index is 593. The zero-order valence-electron chi connectivity index (χ0n) is 14.0. The molecule has 2 aromatic rings. The van der Waals surface area contributed by atoms with Crippen LogP contribution in [0.4, 0.5) is 0 Å². The van der Waals surface area contributed by atoms with Crippen LogP contribution in [0.2, 0.25) is 0 Å². The van der Waals surface area contributed by atoms with E-state index >= 15 is 0 Å². The summed E-state index contributed by atoms with van der Waals surface area (Å²) in [4.78, 5) is 17.8. The Morgan fingerprint density at radius 2 is 2.04 bits per heavy atom. The zero-order chi connectivity index (χ0) is 16.5. The average Bonchev–Trinajstić information content (AvgIpc) is 3.20. The molecule has 0 aliphatic heterocycles. The predicted molar refractivity (Wildman–Crippen MR) is 93.1 cm³/mol. The van der Waals surface area contributed by atoms with Gasteiger partial charge in [0.25, 0.3) is 0 Å². The Morgan fingerprint density at radius 3 is 2.74 bits per heavy atom. The number of carbonyl (C=O) groups is 1. The molecule has 2 heterocycles. The fourth-order valence-electron chi connectivity index (χ4n) is 2.21. The SMILES string of the molecule is CCCCCCC(=O)n1nc(OCCCC)nc1-c1cccs1. The highest BCUT2D eigenvalue weighted by Crippen LogP contribution is 2.25. The molecule has 0 aliphatic carbocycles. The maximum atomic E-state index is 12.5. The summed E-state index contributed by atoms with van der Waals surface area (Å²) in [5.74, 6) is 0.578. The van der Waals surface area contributed by atoms with Crippen molar-refractivity contribution >= 4 is 17.2 Å². The molecular formula is C17H25N3O2S. The molecule has 2 rings (SSSR count). The molecule has 0 bridgehead atoms. The monoisotopic (exact) mass is 335 g/mol. The molecule has 0 amide bonds. The number of rotatable bonds is 10. The van der Waals surface area contributed by atoms with E-state index in [0.29, 0.717) is 24.9 Å². The first kappa shape index (κ1) is 17.7. The summed E-state index contributed by atoms with van der Waals surface area (Å²) >= 11 is 1.55. The molecule has 0 N–H and O–H groups in total. The predicted octanol–water partition coefficient (Wildman–Crippen LogP) is 4.80. The first-order valence-corrected chi connectivity index (χ1v) is 9.31. The number of nitrogens with zero attached hydrogens (tertiary/aromatic N) is 3. The van der Waals surface area contributed by atoms with Gasteiger partial charge in [-0.3, -0.25) is 4.79 Å². The largest absolute Gasteiger partial charge is 0.462 e. The average molecular weight is 335 g/mol. The fourth-order valence-corrected chi connectivity index (χ4v) is 2.91. The molecule has 126 valence electrons. The van der Waals surface area contributed by atoms with E-state index in [4.69, 9.17) is 4.74 Å². The van der Waals surface area contributed by atoms with E-state index in [1.165, 1.54) is 4.68 Å². The summed E-state index contributed by atoms with van der Waals surface area (Å²) in [5, 5.41) is 6.25. The number of hydrogen-bond donors (Lipinski definition) is 0. The maximum Gasteiger partial charge on any atom is 0.336 e. The molecule has 0 radical (unpaired) electrons. The van der Waals surface area contributed by atoms with Gasteiger partial charge >= 0.3 is 6.01 Å². The molecule has 0 spiro atoms. The van der Waals surface area contributed by atoms with E-state index in [1.807, 2.05) is 17.5 Å². The Hall–Kier alpha value is -1.69. The van der Waals surface area contributed by atoms with Crippen molar-refractivity contribution in [3.8, 4) is 16.7 Å². The van der Waals surface area contributed by atoms with Gasteiger partial charge in [0.1, 0.15) is 0 Å². The summed E-state index contributed by atoms with van der Waals surface area (Å²) in [5.41, 5.74) is 0. The zero-order valence-corrected chi connectivity index (χ0v) is 14.8. The molecule has 0 aliphatic rings. The molecule has 23 heavy (non-hydrogen) atoms. The Balaban J connectivity index is 2.10. The molecule has 0 unspecified atom stereocenters. The lowest BCUT2D eigenvalue weighted by molar-refractivity contribution is 0.0883. The van der Waals surface area contributed by atoms with Crippen LogP contribution in [0.5, 0.6) is 6.01 Å². The minimum Gasteiger partial charge on any atom is -0.462 e. The van der Waals surface area contributed by atoms with Crippen LogP contribution in [0.3, 0.4) is 0 Å². The van der Waals surface area contributed by atoms with Crippen molar-refractivity contribution in [3.63, 3.8) is 0 Å². The topological polar surface area (TPSA) is 57.0 Å². The van der Waals surface area contributed by atoms with Crippen molar-refractivity contribution < 1.29 is 9.53 Å². The van der Waals surface area contributed by atoms with E-state index in [2.05, 4.69) is 23.9 Å². The van der Waals surface area contributed by atoms with E-state index in [9.17, 15) is 4.79 Å². The van der Waals surface area contributed by atoms with Crippen molar-refractivity contribution in [2.75, 3.05) is 6.61 Å². The quantitative estimate of drug-likeness (QED) is 0.585. The minimum absolute atomic E-state index is 0.0117. The summed E-state index contributed by atoms with van der Waals surface area (Å²) in [6, 6.07) is 4.19. The molecule has 0 aromatic carbocycles. The smallest absolute Gasteiger partial charge is 0.336 e. The van der Waals surface area contributed by atoms with Crippen LogP contribution in [0.1, 0.15) is 63.6 Å². The van der Waals surface area contributed by atoms with Crippen LogP contribution < -0.4 is 4.74 Å². The third-order valence-corrected chi connectivity index (χ3v) is 4.40. The number of ether oxygens (including phenoxy) is 1. The van der Waals surface area contributed by atoms with Gasteiger partial charge in [-0.2, -0.15) is 9.67 Å². The molecular weight excluding hydrogens is 310 g/mol. The van der Waals surface area contributed by atoms with Gasteiger partial charge in [-0.05, 0) is 24.3 Å². The molecule has 6 heteroatoms. The van der Waals surface area contributed by atoms with Crippen molar-refractivity contribution in [3.05, 3.63) is 17.5 Å². The molecule has 0 fully saturated rings. The van der Waals surface area contributed by atoms with E-state index in [0.717, 1.165) is 43.4 Å². The Kier molecular flexibility index (Phi) is 7.26. The molecule has 0 saturated heterocycles. The van der Waals surface area contributed by atoms with Gasteiger partial charge in [0.2, 0.25) is 5.91 Å². The van der Waals surface area contributed by atoms with Gasteiger partial charge in [0.05, 0.1) is 11.5 Å². The number of hydrogen-bond acceptors (Lipinski definition) is 5. The molecule has 0 saturated carbocycles. The van der Waals surface area contributed by atoms with Gasteiger partial charge in [0.15, 0.2) is 5.82 Å². The lowest BCUT2D eigenvalue weighted by Crippen LogP contribution is -2.13. The van der Waals surface area contributed by atoms with Crippen LogP contribution >= 0.6 is 11.3 Å². The number of thiophene rings is 1. The lowest BCUT2D eigenvalue weighted by atomic mass is 10.1. The molecule has 5 nitrogen and oxygen atoms in total. The van der Waals surface area contributed by atoms with Gasteiger partial charge in [0, 0.05) is 6.42 Å². The van der Waals surface area contributed by atoms with E-state index in [1.54, 1.807) is 11.3 Å². The second kappa shape index (κ2) is 9.45. The standard InChI is InChI=1S/C17H25N3O2S/c1-3-5-7-8-11-15(21)20-16(14-10-9-13-23-14)18-17(19-20)22-12-6-4-2/h9-10,13H,3-8,11-12H2,1-2H3. The Morgan fingerprint density at radius 1 is 1.22 bits per heavy atom. The minimum atomic E-state index is -0.0117. The summed E-state index contributed by atoms with van der Waals surface area (Å²) in [6.07, 6.45) is 6.79. The van der Waals surface area contributed by atoms with Gasteiger partial charge < -0.3 is 4.74 Å². The second-order valence-electron chi connectivity index (χ2n) is 5.51. The number of unbranched alkanes of at least 4 members (excludes halogenated alkanes) is 4. The van der Waals surface area contributed by atoms with Gasteiger partial charge in [-0.15, -0.1) is 16.4 Å². The fraction of sp³-hybridized carbons (Fsp3) is 0.588.